The Labute approximate surface area is 133 Å². The molecule has 3 rings (SSSR count). The molecule has 0 unspecified atom stereocenters. The maximum absolute atomic E-state index is 11.8. The standard InChI is InChI=1S/C18H15NO4/c1-12-7-9-14(22-12)11-15-18(20)23-17(19-15)10-8-13-5-3-4-6-16(13)21-2/h3-11H,1-2H3. The lowest BCUT2D eigenvalue weighted by molar-refractivity contribution is -0.129. The van der Waals surface area contributed by atoms with Crippen molar-refractivity contribution < 1.29 is 18.7 Å². The van der Waals surface area contributed by atoms with E-state index in [1.807, 2.05) is 37.3 Å². The number of cyclic esters (lactones) is 1. The van der Waals surface area contributed by atoms with Gasteiger partial charge in [0.25, 0.3) is 0 Å². The molecule has 0 saturated heterocycles. The number of para-hydroxylation sites is 1. The van der Waals surface area contributed by atoms with Crippen LogP contribution in [0.15, 0.2) is 57.6 Å². The summed E-state index contributed by atoms with van der Waals surface area (Å²) in [7, 11) is 1.60. The van der Waals surface area contributed by atoms with Crippen LogP contribution in [0.25, 0.3) is 12.2 Å². The molecule has 0 aliphatic carbocycles. The zero-order valence-electron chi connectivity index (χ0n) is 12.8. The number of ether oxygens (including phenoxy) is 2. The summed E-state index contributed by atoms with van der Waals surface area (Å²) < 4.78 is 15.8. The van der Waals surface area contributed by atoms with Crippen LogP contribution < -0.4 is 4.74 Å². The Morgan fingerprint density at radius 2 is 1.96 bits per heavy atom. The smallest absolute Gasteiger partial charge is 0.363 e. The van der Waals surface area contributed by atoms with Gasteiger partial charge < -0.3 is 13.9 Å². The molecule has 1 aromatic heterocycles. The molecule has 2 heterocycles. The molecule has 1 aliphatic rings. The van der Waals surface area contributed by atoms with Gasteiger partial charge in [-0.25, -0.2) is 9.79 Å². The lowest BCUT2D eigenvalue weighted by atomic mass is 10.2. The van der Waals surface area contributed by atoms with Gasteiger partial charge in [-0.2, -0.15) is 0 Å². The molecule has 0 bridgehead atoms. The van der Waals surface area contributed by atoms with Crippen molar-refractivity contribution in [2.24, 2.45) is 4.99 Å². The zero-order chi connectivity index (χ0) is 16.2. The molecular formula is C18H15NO4. The van der Waals surface area contributed by atoms with Crippen LogP contribution in [0, 0.1) is 6.92 Å². The Balaban J connectivity index is 1.81. The second-order valence-corrected chi connectivity index (χ2v) is 4.89. The van der Waals surface area contributed by atoms with Crippen LogP contribution in [0.4, 0.5) is 0 Å². The largest absolute Gasteiger partial charge is 0.496 e. The lowest BCUT2D eigenvalue weighted by Gasteiger charge is -2.02. The van der Waals surface area contributed by atoms with Crippen molar-refractivity contribution in [2.45, 2.75) is 6.92 Å². The van der Waals surface area contributed by atoms with Gasteiger partial charge in [0.15, 0.2) is 5.70 Å². The van der Waals surface area contributed by atoms with Crippen molar-refractivity contribution in [3.8, 4) is 5.75 Å². The van der Waals surface area contributed by atoms with Gasteiger partial charge >= 0.3 is 5.97 Å². The number of carbonyl (C=O) groups excluding carboxylic acids is 1. The monoisotopic (exact) mass is 309 g/mol. The number of aliphatic imine (C=N–C) groups is 1. The number of rotatable bonds is 4. The minimum atomic E-state index is -0.501. The summed E-state index contributed by atoms with van der Waals surface area (Å²) in [6, 6.07) is 11.1. The summed E-state index contributed by atoms with van der Waals surface area (Å²) >= 11 is 0. The highest BCUT2D eigenvalue weighted by Gasteiger charge is 2.21. The van der Waals surface area contributed by atoms with Gasteiger partial charge in [-0.3, -0.25) is 0 Å². The van der Waals surface area contributed by atoms with Crippen molar-refractivity contribution in [3.63, 3.8) is 0 Å². The number of carbonyl (C=O) groups is 1. The summed E-state index contributed by atoms with van der Waals surface area (Å²) in [6.07, 6.45) is 4.97. The number of nitrogens with zero attached hydrogens (tertiary/aromatic N) is 1. The van der Waals surface area contributed by atoms with E-state index < -0.39 is 5.97 Å². The Morgan fingerprint density at radius 3 is 2.70 bits per heavy atom. The molecule has 23 heavy (non-hydrogen) atoms. The number of esters is 1. The van der Waals surface area contributed by atoms with Crippen molar-refractivity contribution in [1.82, 2.24) is 0 Å². The molecule has 5 heteroatoms. The summed E-state index contributed by atoms with van der Waals surface area (Å²) in [5.74, 6) is 1.79. The van der Waals surface area contributed by atoms with E-state index in [2.05, 4.69) is 4.99 Å². The van der Waals surface area contributed by atoms with E-state index in [0.29, 0.717) is 5.76 Å². The SMILES string of the molecule is COc1ccccc1C=CC1=NC(=Cc2ccc(C)o2)C(=O)O1. The lowest BCUT2D eigenvalue weighted by Crippen LogP contribution is -2.01. The third-order valence-corrected chi connectivity index (χ3v) is 3.22. The molecule has 0 radical (unpaired) electrons. The molecule has 1 aliphatic heterocycles. The van der Waals surface area contributed by atoms with Gasteiger partial charge in [-0.1, -0.05) is 18.2 Å². The number of hydrogen-bond acceptors (Lipinski definition) is 5. The van der Waals surface area contributed by atoms with Crippen LogP contribution in [-0.2, 0) is 9.53 Å². The molecule has 116 valence electrons. The third kappa shape index (κ3) is 3.40. The fraction of sp³-hybridized carbons (Fsp3) is 0.111. The van der Waals surface area contributed by atoms with Crippen molar-refractivity contribution >= 4 is 24.0 Å². The van der Waals surface area contributed by atoms with E-state index in [-0.39, 0.29) is 11.6 Å². The van der Waals surface area contributed by atoms with Crippen LogP contribution in [0.5, 0.6) is 5.75 Å². The van der Waals surface area contributed by atoms with E-state index in [9.17, 15) is 4.79 Å². The maximum atomic E-state index is 11.8. The van der Waals surface area contributed by atoms with Gasteiger partial charge in [0, 0.05) is 17.7 Å². The summed E-state index contributed by atoms with van der Waals surface area (Å²) in [4.78, 5) is 16.0. The quantitative estimate of drug-likeness (QED) is 0.639. The topological polar surface area (TPSA) is 61.0 Å². The normalized spacial score (nSPS) is 16.0. The molecule has 0 amide bonds. The first kappa shape index (κ1) is 14.8. The van der Waals surface area contributed by atoms with Gasteiger partial charge in [0.1, 0.15) is 17.3 Å². The number of methoxy groups -OCH3 is 1. The minimum Gasteiger partial charge on any atom is -0.496 e. The van der Waals surface area contributed by atoms with Crippen molar-refractivity contribution in [2.75, 3.05) is 7.11 Å². The van der Waals surface area contributed by atoms with Gasteiger partial charge in [-0.15, -0.1) is 0 Å². The summed E-state index contributed by atoms with van der Waals surface area (Å²) in [6.45, 7) is 1.83. The third-order valence-electron chi connectivity index (χ3n) is 3.22. The average molecular weight is 309 g/mol. The van der Waals surface area contributed by atoms with Crippen molar-refractivity contribution in [1.29, 1.82) is 0 Å². The highest BCUT2D eigenvalue weighted by molar-refractivity contribution is 6.11. The number of aryl methyl sites for hydroxylation is 1. The van der Waals surface area contributed by atoms with Crippen LogP contribution in [0.3, 0.4) is 0 Å². The zero-order valence-corrected chi connectivity index (χ0v) is 12.8. The van der Waals surface area contributed by atoms with E-state index in [1.165, 1.54) is 0 Å². The molecule has 0 atom stereocenters. The first-order valence-electron chi connectivity index (χ1n) is 7.06. The predicted molar refractivity (Wildman–Crippen MR) is 87.0 cm³/mol. The fourth-order valence-corrected chi connectivity index (χ4v) is 2.13. The van der Waals surface area contributed by atoms with Crippen molar-refractivity contribution in [3.05, 3.63) is 65.3 Å². The summed E-state index contributed by atoms with van der Waals surface area (Å²) in [5.41, 5.74) is 1.08. The molecule has 0 saturated carbocycles. The van der Waals surface area contributed by atoms with E-state index in [1.54, 1.807) is 31.4 Å². The number of benzene rings is 1. The molecule has 0 spiro atoms. The van der Waals surface area contributed by atoms with Gasteiger partial charge in [0.05, 0.1) is 7.11 Å². The van der Waals surface area contributed by atoms with Gasteiger partial charge in [0.2, 0.25) is 5.90 Å². The van der Waals surface area contributed by atoms with Gasteiger partial charge in [-0.05, 0) is 31.2 Å². The summed E-state index contributed by atoms with van der Waals surface area (Å²) in [5, 5.41) is 0. The number of furan rings is 1. The Kier molecular flexibility index (Phi) is 4.10. The molecule has 2 aromatic rings. The van der Waals surface area contributed by atoms with Crippen LogP contribution >= 0.6 is 0 Å². The fourth-order valence-electron chi connectivity index (χ4n) is 2.13. The molecular weight excluding hydrogens is 294 g/mol. The average Bonchev–Trinajstić information content (AvgIpc) is 3.12. The Morgan fingerprint density at radius 1 is 1.13 bits per heavy atom. The van der Waals surface area contributed by atoms with E-state index in [4.69, 9.17) is 13.9 Å². The Hall–Kier alpha value is -3.08. The first-order chi connectivity index (χ1) is 11.2. The molecule has 5 nitrogen and oxygen atoms in total. The Bertz CT molecular complexity index is 827. The maximum Gasteiger partial charge on any atom is 0.363 e. The van der Waals surface area contributed by atoms with Crippen LogP contribution in [0.1, 0.15) is 17.1 Å². The van der Waals surface area contributed by atoms with E-state index >= 15 is 0 Å². The second-order valence-electron chi connectivity index (χ2n) is 4.89. The number of hydrogen-bond donors (Lipinski definition) is 0. The van der Waals surface area contributed by atoms with Crippen LogP contribution in [0.2, 0.25) is 0 Å². The molecule has 0 fully saturated rings. The van der Waals surface area contributed by atoms with E-state index in [0.717, 1.165) is 17.1 Å². The van der Waals surface area contributed by atoms with Crippen LogP contribution in [-0.4, -0.2) is 19.0 Å². The minimum absolute atomic E-state index is 0.207. The molecule has 0 N–H and O–H groups in total. The first-order valence-corrected chi connectivity index (χ1v) is 7.06. The predicted octanol–water partition coefficient (Wildman–Crippen LogP) is 3.61. The highest BCUT2D eigenvalue weighted by atomic mass is 16.6. The highest BCUT2D eigenvalue weighted by Crippen LogP contribution is 2.21. The second kappa shape index (κ2) is 6.36. The molecule has 1 aromatic carbocycles.